The molecule has 4 nitrogen and oxygen atoms in total. The van der Waals surface area contributed by atoms with E-state index in [-0.39, 0.29) is 17.4 Å². The summed E-state index contributed by atoms with van der Waals surface area (Å²) in [5.74, 6) is 0.298. The van der Waals surface area contributed by atoms with E-state index in [2.05, 4.69) is 0 Å². The molecular weight excluding hydrogens is 244 g/mol. The number of aromatic hydroxyl groups is 2. The summed E-state index contributed by atoms with van der Waals surface area (Å²) in [5.41, 5.74) is 0.160. The number of aliphatic hydroxyl groups is 2. The van der Waals surface area contributed by atoms with Crippen molar-refractivity contribution in [2.24, 2.45) is 0 Å². The number of hydrogen-bond donors (Lipinski definition) is 4. The first-order valence-electron chi connectivity index (χ1n) is 6.55. The van der Waals surface area contributed by atoms with Crippen LogP contribution in [0.5, 0.6) is 11.5 Å². The van der Waals surface area contributed by atoms with Gasteiger partial charge in [-0.15, -0.1) is 0 Å². The van der Waals surface area contributed by atoms with Gasteiger partial charge in [0.1, 0.15) is 11.5 Å². The summed E-state index contributed by atoms with van der Waals surface area (Å²) in [6, 6.07) is 3.10. The van der Waals surface area contributed by atoms with Gasteiger partial charge in [0, 0.05) is 5.56 Å². The second-order valence-electron chi connectivity index (χ2n) is 5.85. The smallest absolute Gasteiger partial charge is 0.119 e. The fourth-order valence-electron chi connectivity index (χ4n) is 2.01. The summed E-state index contributed by atoms with van der Waals surface area (Å²) in [7, 11) is 0. The van der Waals surface area contributed by atoms with Crippen molar-refractivity contribution in [2.75, 3.05) is 0 Å². The van der Waals surface area contributed by atoms with Gasteiger partial charge in [0.2, 0.25) is 0 Å². The summed E-state index contributed by atoms with van der Waals surface area (Å²) in [6.45, 7) is 6.78. The van der Waals surface area contributed by atoms with Crippen molar-refractivity contribution in [1.82, 2.24) is 0 Å². The topological polar surface area (TPSA) is 80.9 Å². The Morgan fingerprint density at radius 2 is 1.68 bits per heavy atom. The Morgan fingerprint density at radius 1 is 1.11 bits per heavy atom. The fourth-order valence-corrected chi connectivity index (χ4v) is 2.01. The van der Waals surface area contributed by atoms with E-state index in [0.29, 0.717) is 24.0 Å². The molecule has 0 spiro atoms. The number of phenolic OH excluding ortho intramolecular Hbond substituents is 2. The van der Waals surface area contributed by atoms with Crippen molar-refractivity contribution in [1.29, 1.82) is 0 Å². The fraction of sp³-hybridized carbons (Fsp3) is 0.600. The Balaban J connectivity index is 2.74. The molecule has 0 aromatic heterocycles. The first-order valence-corrected chi connectivity index (χ1v) is 6.55. The molecule has 2 atom stereocenters. The molecular formula is C15H24O4. The molecule has 0 aliphatic rings. The Bertz CT molecular complexity index is 435. The van der Waals surface area contributed by atoms with Crippen LogP contribution in [0.15, 0.2) is 12.1 Å². The molecule has 0 unspecified atom stereocenters. The molecule has 1 rings (SSSR count). The third kappa shape index (κ3) is 4.11. The molecule has 0 saturated carbocycles. The second-order valence-corrected chi connectivity index (χ2v) is 5.85. The molecule has 4 N–H and O–H groups in total. The third-order valence-corrected chi connectivity index (χ3v) is 3.56. The number of phenols is 2. The van der Waals surface area contributed by atoms with Crippen LogP contribution in [0.3, 0.4) is 0 Å². The summed E-state index contributed by atoms with van der Waals surface area (Å²) in [5, 5.41) is 39.0. The van der Waals surface area contributed by atoms with Gasteiger partial charge in [-0.25, -0.2) is 0 Å². The highest BCUT2D eigenvalue weighted by atomic mass is 16.3. The molecule has 0 saturated heterocycles. The van der Waals surface area contributed by atoms with E-state index in [4.69, 9.17) is 0 Å². The molecule has 0 aliphatic heterocycles. The predicted molar refractivity (Wildman–Crippen MR) is 74.5 cm³/mol. The van der Waals surface area contributed by atoms with E-state index >= 15 is 0 Å². The van der Waals surface area contributed by atoms with Crippen LogP contribution in [0, 0.1) is 6.92 Å². The highest BCUT2D eigenvalue weighted by Gasteiger charge is 2.25. The number of aryl methyl sites for hydroxylation is 1. The van der Waals surface area contributed by atoms with Gasteiger partial charge < -0.3 is 20.4 Å². The average molecular weight is 268 g/mol. The van der Waals surface area contributed by atoms with E-state index in [1.54, 1.807) is 26.8 Å². The largest absolute Gasteiger partial charge is 0.508 e. The minimum atomic E-state index is -1.13. The number of benzene rings is 1. The third-order valence-electron chi connectivity index (χ3n) is 3.56. The molecule has 0 fully saturated rings. The van der Waals surface area contributed by atoms with Crippen molar-refractivity contribution in [3.63, 3.8) is 0 Å². The van der Waals surface area contributed by atoms with Gasteiger partial charge in [-0.3, -0.25) is 0 Å². The lowest BCUT2D eigenvalue weighted by atomic mass is 9.89. The van der Waals surface area contributed by atoms with Crippen molar-refractivity contribution < 1.29 is 20.4 Å². The zero-order valence-corrected chi connectivity index (χ0v) is 12.0. The minimum absolute atomic E-state index is 0.0106. The normalized spacial score (nSPS) is 15.3. The molecule has 1 aromatic carbocycles. The van der Waals surface area contributed by atoms with Crippen molar-refractivity contribution in [3.8, 4) is 11.5 Å². The van der Waals surface area contributed by atoms with Crippen LogP contribution in [-0.4, -0.2) is 32.1 Å². The molecule has 0 amide bonds. The Kier molecular flexibility index (Phi) is 4.82. The maximum atomic E-state index is 9.89. The zero-order chi connectivity index (χ0) is 14.8. The zero-order valence-electron chi connectivity index (χ0n) is 12.0. The first kappa shape index (κ1) is 15.8. The van der Waals surface area contributed by atoms with Crippen LogP contribution >= 0.6 is 0 Å². The molecule has 1 aromatic rings. The maximum Gasteiger partial charge on any atom is 0.119 e. The highest BCUT2D eigenvalue weighted by Crippen LogP contribution is 2.34. The number of hydrogen-bond acceptors (Lipinski definition) is 4. The van der Waals surface area contributed by atoms with E-state index in [1.807, 2.05) is 6.92 Å². The van der Waals surface area contributed by atoms with Gasteiger partial charge in [-0.2, -0.15) is 0 Å². The standard InChI is InChI=1S/C15H24O4/c1-9(5-6-14(18)15(3,4)19)11-8-12(16)10(2)7-13(11)17/h7-9,14,16-19H,5-6H2,1-4H3/t9-,14+/m0/s1. The Hall–Kier alpha value is -1.26. The summed E-state index contributed by atoms with van der Waals surface area (Å²) in [4.78, 5) is 0. The Morgan fingerprint density at radius 3 is 2.21 bits per heavy atom. The van der Waals surface area contributed by atoms with Crippen LogP contribution in [0.2, 0.25) is 0 Å². The van der Waals surface area contributed by atoms with Crippen molar-refractivity contribution in [3.05, 3.63) is 23.3 Å². The lowest BCUT2D eigenvalue weighted by Crippen LogP contribution is -2.35. The second kappa shape index (κ2) is 5.80. The lowest BCUT2D eigenvalue weighted by molar-refractivity contribution is -0.0525. The van der Waals surface area contributed by atoms with Crippen molar-refractivity contribution in [2.45, 2.75) is 58.2 Å². The van der Waals surface area contributed by atoms with Gasteiger partial charge in [0.15, 0.2) is 0 Å². The van der Waals surface area contributed by atoms with E-state index in [1.165, 1.54) is 6.07 Å². The van der Waals surface area contributed by atoms with Crippen LogP contribution in [0.25, 0.3) is 0 Å². The SMILES string of the molecule is Cc1cc(O)c([C@@H](C)CC[C@@H](O)C(C)(C)O)cc1O. The molecule has 108 valence electrons. The van der Waals surface area contributed by atoms with E-state index in [9.17, 15) is 20.4 Å². The number of rotatable bonds is 5. The van der Waals surface area contributed by atoms with Gasteiger partial charge in [-0.1, -0.05) is 6.92 Å². The van der Waals surface area contributed by atoms with Gasteiger partial charge in [-0.05, 0) is 57.2 Å². The summed E-state index contributed by atoms with van der Waals surface area (Å²) >= 11 is 0. The lowest BCUT2D eigenvalue weighted by Gasteiger charge is -2.25. The highest BCUT2D eigenvalue weighted by molar-refractivity contribution is 5.45. The minimum Gasteiger partial charge on any atom is -0.508 e. The summed E-state index contributed by atoms with van der Waals surface area (Å²) in [6.07, 6.45) is 0.232. The van der Waals surface area contributed by atoms with E-state index < -0.39 is 11.7 Å². The van der Waals surface area contributed by atoms with Gasteiger partial charge in [0.25, 0.3) is 0 Å². The van der Waals surface area contributed by atoms with Crippen LogP contribution in [0.1, 0.15) is 50.7 Å². The first-order chi connectivity index (χ1) is 8.62. The van der Waals surface area contributed by atoms with Crippen LogP contribution in [-0.2, 0) is 0 Å². The monoisotopic (exact) mass is 268 g/mol. The molecule has 19 heavy (non-hydrogen) atoms. The Labute approximate surface area is 114 Å². The quantitative estimate of drug-likeness (QED) is 0.618. The molecule has 4 heteroatoms. The average Bonchev–Trinajstić information content (AvgIpc) is 2.29. The number of aliphatic hydroxyl groups excluding tert-OH is 1. The molecule has 0 bridgehead atoms. The molecule has 0 aliphatic carbocycles. The molecule has 0 heterocycles. The van der Waals surface area contributed by atoms with Gasteiger partial charge in [0.05, 0.1) is 11.7 Å². The van der Waals surface area contributed by atoms with Crippen molar-refractivity contribution >= 4 is 0 Å². The van der Waals surface area contributed by atoms with Crippen LogP contribution < -0.4 is 0 Å². The maximum absolute atomic E-state index is 9.89. The van der Waals surface area contributed by atoms with E-state index in [0.717, 1.165) is 0 Å². The summed E-state index contributed by atoms with van der Waals surface area (Å²) < 4.78 is 0. The molecule has 0 radical (unpaired) electrons. The predicted octanol–water partition coefficient (Wildman–Crippen LogP) is 2.42. The van der Waals surface area contributed by atoms with Gasteiger partial charge >= 0.3 is 0 Å². The van der Waals surface area contributed by atoms with Crippen LogP contribution in [0.4, 0.5) is 0 Å².